The van der Waals surface area contributed by atoms with Crippen LogP contribution in [0, 0.1) is 13.8 Å². The topological polar surface area (TPSA) is 77.1 Å². The summed E-state index contributed by atoms with van der Waals surface area (Å²) < 4.78 is 17.4. The third-order valence-electron chi connectivity index (χ3n) is 5.81. The van der Waals surface area contributed by atoms with Crippen molar-refractivity contribution < 1.29 is 23.8 Å². The monoisotopic (exact) mass is 486 g/mol. The first kappa shape index (κ1) is 24.9. The Hall–Kier alpha value is -4.26. The number of nitrogens with zero attached hydrogens (tertiary/aromatic N) is 1. The van der Waals surface area contributed by atoms with Crippen LogP contribution in [0.3, 0.4) is 0 Å². The second-order valence-corrected chi connectivity index (χ2v) is 8.62. The maximum Gasteiger partial charge on any atom is 0.338 e. The normalized spacial score (nSPS) is 15.4. The van der Waals surface area contributed by atoms with Gasteiger partial charge in [0.15, 0.2) is 0 Å². The van der Waals surface area contributed by atoms with Crippen molar-refractivity contribution in [1.29, 1.82) is 0 Å². The van der Waals surface area contributed by atoms with Crippen molar-refractivity contribution in [2.24, 2.45) is 0 Å². The number of aryl methyl sites for hydroxylation is 2. The summed E-state index contributed by atoms with van der Waals surface area (Å²) in [5.74, 6) is 1.43. The van der Waals surface area contributed by atoms with E-state index < -0.39 is 12.0 Å². The highest BCUT2D eigenvalue weighted by atomic mass is 16.5. The second kappa shape index (κ2) is 11.0. The summed E-state index contributed by atoms with van der Waals surface area (Å²) in [6.07, 6.45) is 0. The van der Waals surface area contributed by atoms with Gasteiger partial charge in [0.05, 0.1) is 23.9 Å². The van der Waals surface area contributed by atoms with Crippen LogP contribution in [-0.4, -0.2) is 37.2 Å². The first-order chi connectivity index (χ1) is 17.4. The Morgan fingerprint density at radius 3 is 2.31 bits per heavy atom. The highest BCUT2D eigenvalue weighted by Gasteiger charge is 2.37. The molecule has 0 aromatic heterocycles. The Morgan fingerprint density at radius 1 is 0.917 bits per heavy atom. The quantitative estimate of drug-likeness (QED) is 0.414. The molecule has 0 spiro atoms. The molecule has 0 fully saturated rings. The molecule has 1 heterocycles. The van der Waals surface area contributed by atoms with Gasteiger partial charge in [0.2, 0.25) is 0 Å². The van der Waals surface area contributed by atoms with Crippen molar-refractivity contribution in [3.63, 3.8) is 0 Å². The summed E-state index contributed by atoms with van der Waals surface area (Å²) in [5, 5.41) is 2.93. The van der Waals surface area contributed by atoms with Gasteiger partial charge in [0, 0.05) is 7.05 Å². The number of para-hydroxylation sites is 1. The molecule has 3 aromatic carbocycles. The minimum absolute atomic E-state index is 0.0255. The molecule has 3 aromatic rings. The Kier molecular flexibility index (Phi) is 7.59. The summed E-state index contributed by atoms with van der Waals surface area (Å²) in [4.78, 5) is 27.5. The number of esters is 1. The first-order valence-corrected chi connectivity index (χ1v) is 11.8. The van der Waals surface area contributed by atoms with E-state index in [0.29, 0.717) is 34.1 Å². The predicted molar refractivity (Wildman–Crippen MR) is 137 cm³/mol. The number of urea groups is 1. The van der Waals surface area contributed by atoms with Crippen LogP contribution in [0.25, 0.3) is 0 Å². The number of carbonyl (C=O) groups is 2. The van der Waals surface area contributed by atoms with Crippen molar-refractivity contribution in [3.8, 4) is 17.2 Å². The van der Waals surface area contributed by atoms with Gasteiger partial charge in [-0.1, -0.05) is 36.4 Å². The van der Waals surface area contributed by atoms with E-state index in [1.165, 1.54) is 4.90 Å². The van der Waals surface area contributed by atoms with E-state index in [-0.39, 0.29) is 19.2 Å². The van der Waals surface area contributed by atoms with Gasteiger partial charge >= 0.3 is 12.0 Å². The van der Waals surface area contributed by atoms with E-state index >= 15 is 0 Å². The van der Waals surface area contributed by atoms with Gasteiger partial charge < -0.3 is 19.5 Å². The molecule has 0 bridgehead atoms. The lowest BCUT2D eigenvalue weighted by Gasteiger charge is -2.34. The van der Waals surface area contributed by atoms with Crippen LogP contribution in [0.4, 0.5) is 4.79 Å². The summed E-state index contributed by atoms with van der Waals surface area (Å²) >= 11 is 0. The SMILES string of the molecule is CCOC(=O)C1=C(COc2cc(C)cc(C)c2)N(C)C(=O)N[C@@H]1c1cccc(Oc2ccccc2)c1. The van der Waals surface area contributed by atoms with Crippen LogP contribution >= 0.6 is 0 Å². The predicted octanol–water partition coefficient (Wildman–Crippen LogP) is 5.69. The molecule has 0 saturated carbocycles. The van der Waals surface area contributed by atoms with Gasteiger partial charge in [-0.2, -0.15) is 0 Å². The molecule has 1 aliphatic heterocycles. The van der Waals surface area contributed by atoms with Crippen LogP contribution < -0.4 is 14.8 Å². The van der Waals surface area contributed by atoms with Crippen LogP contribution in [0.2, 0.25) is 0 Å². The average Bonchev–Trinajstić information content (AvgIpc) is 2.85. The van der Waals surface area contributed by atoms with Gasteiger partial charge in [-0.05, 0) is 73.9 Å². The van der Waals surface area contributed by atoms with Crippen molar-refractivity contribution in [2.75, 3.05) is 20.3 Å². The molecule has 7 nitrogen and oxygen atoms in total. The van der Waals surface area contributed by atoms with E-state index in [9.17, 15) is 9.59 Å². The van der Waals surface area contributed by atoms with E-state index in [1.807, 2.05) is 80.6 Å². The van der Waals surface area contributed by atoms with Crippen LogP contribution in [0.15, 0.2) is 84.1 Å². The lowest BCUT2D eigenvalue weighted by molar-refractivity contribution is -0.139. The molecule has 0 unspecified atom stereocenters. The zero-order valence-corrected chi connectivity index (χ0v) is 20.9. The second-order valence-electron chi connectivity index (χ2n) is 8.62. The largest absolute Gasteiger partial charge is 0.487 e. The lowest BCUT2D eigenvalue weighted by atomic mass is 9.94. The number of likely N-dealkylation sites (N-methyl/N-ethyl adjacent to an activating group) is 1. The van der Waals surface area contributed by atoms with Crippen molar-refractivity contribution in [3.05, 3.63) is 101 Å². The molecule has 36 heavy (non-hydrogen) atoms. The highest BCUT2D eigenvalue weighted by Crippen LogP contribution is 2.34. The zero-order chi connectivity index (χ0) is 25.7. The molecular weight excluding hydrogens is 456 g/mol. The first-order valence-electron chi connectivity index (χ1n) is 11.8. The van der Waals surface area contributed by atoms with Crippen LogP contribution in [0.5, 0.6) is 17.2 Å². The summed E-state index contributed by atoms with van der Waals surface area (Å²) in [6, 6.07) is 21.5. The third-order valence-corrected chi connectivity index (χ3v) is 5.81. The Bertz CT molecular complexity index is 1270. The van der Waals surface area contributed by atoms with E-state index in [4.69, 9.17) is 14.2 Å². The highest BCUT2D eigenvalue weighted by molar-refractivity contribution is 5.95. The summed E-state index contributed by atoms with van der Waals surface area (Å²) in [6.45, 7) is 5.96. The minimum Gasteiger partial charge on any atom is -0.487 e. The maximum absolute atomic E-state index is 13.2. The fourth-order valence-electron chi connectivity index (χ4n) is 4.18. The molecule has 0 aliphatic carbocycles. The molecule has 186 valence electrons. The smallest absolute Gasteiger partial charge is 0.338 e. The molecule has 1 N–H and O–H groups in total. The number of hydrogen-bond donors (Lipinski definition) is 1. The standard InChI is InChI=1S/C29H30N2O5/c1-5-34-28(32)26-25(18-35-24-15-19(2)14-20(3)16-24)31(4)29(33)30-27(26)21-10-9-13-23(17-21)36-22-11-7-6-8-12-22/h6-17,27H,5,18H2,1-4H3,(H,30,33)/t27-/m1/s1. The fourth-order valence-corrected chi connectivity index (χ4v) is 4.18. The molecule has 1 aliphatic rings. The molecule has 4 rings (SSSR count). The number of rotatable bonds is 8. The van der Waals surface area contributed by atoms with Gasteiger partial charge in [-0.3, -0.25) is 4.90 Å². The third kappa shape index (κ3) is 5.68. The van der Waals surface area contributed by atoms with Gasteiger partial charge in [-0.25, -0.2) is 9.59 Å². The van der Waals surface area contributed by atoms with E-state index in [2.05, 4.69) is 11.4 Å². The number of amides is 2. The number of hydrogen-bond acceptors (Lipinski definition) is 5. The summed E-state index contributed by atoms with van der Waals surface area (Å²) in [5.41, 5.74) is 3.58. The van der Waals surface area contributed by atoms with E-state index in [0.717, 1.165) is 11.1 Å². The minimum atomic E-state index is -0.732. The van der Waals surface area contributed by atoms with Crippen LogP contribution in [-0.2, 0) is 9.53 Å². The molecule has 1 atom stereocenters. The van der Waals surface area contributed by atoms with Crippen LogP contribution in [0.1, 0.15) is 29.7 Å². The molecule has 2 amide bonds. The van der Waals surface area contributed by atoms with Gasteiger partial charge in [0.25, 0.3) is 0 Å². The van der Waals surface area contributed by atoms with E-state index in [1.54, 1.807) is 14.0 Å². The zero-order valence-electron chi connectivity index (χ0n) is 20.9. The van der Waals surface area contributed by atoms with Crippen molar-refractivity contribution >= 4 is 12.0 Å². The average molecular weight is 487 g/mol. The Morgan fingerprint density at radius 2 is 1.61 bits per heavy atom. The molecule has 0 radical (unpaired) electrons. The Labute approximate surface area is 211 Å². The number of carbonyl (C=O) groups excluding carboxylic acids is 2. The van der Waals surface area contributed by atoms with Crippen molar-refractivity contribution in [1.82, 2.24) is 10.2 Å². The van der Waals surface area contributed by atoms with Gasteiger partial charge in [0.1, 0.15) is 23.9 Å². The maximum atomic E-state index is 13.2. The molecule has 0 saturated heterocycles. The molecule has 7 heteroatoms. The lowest BCUT2D eigenvalue weighted by Crippen LogP contribution is -2.48. The molecular formula is C29H30N2O5. The fraction of sp³-hybridized carbons (Fsp3) is 0.241. The van der Waals surface area contributed by atoms with Gasteiger partial charge in [-0.15, -0.1) is 0 Å². The number of nitrogens with one attached hydrogen (secondary N) is 1. The number of benzene rings is 3. The number of ether oxygens (including phenoxy) is 3. The Balaban J connectivity index is 1.71. The summed E-state index contributed by atoms with van der Waals surface area (Å²) in [7, 11) is 1.61. The van der Waals surface area contributed by atoms with Crippen molar-refractivity contribution in [2.45, 2.75) is 26.8 Å².